The Labute approximate surface area is 221 Å². The van der Waals surface area contributed by atoms with Gasteiger partial charge in [0.05, 0.1) is 30.1 Å². The van der Waals surface area contributed by atoms with Crippen LogP contribution in [-0.2, 0) is 16.9 Å². The Morgan fingerprint density at radius 1 is 1.16 bits per heavy atom. The molecule has 5 rings (SSSR count). The molecule has 0 unspecified atom stereocenters. The van der Waals surface area contributed by atoms with Crippen LogP contribution in [0.4, 0.5) is 20.3 Å². The molecule has 0 fully saturated rings. The molecule has 10 nitrogen and oxygen atoms in total. The number of pyridine rings is 1. The van der Waals surface area contributed by atoms with Gasteiger partial charge in [-0.25, -0.2) is 28.7 Å². The highest BCUT2D eigenvalue weighted by Crippen LogP contribution is 2.46. The number of anilines is 2. The number of hydrogen-bond donors (Lipinski definition) is 2. The minimum absolute atomic E-state index is 0.0686. The third-order valence-corrected chi connectivity index (χ3v) is 7.10. The van der Waals surface area contributed by atoms with Crippen LogP contribution < -0.4 is 15.8 Å². The smallest absolute Gasteiger partial charge is 0.232 e. The molecule has 4 aromatic rings. The van der Waals surface area contributed by atoms with Gasteiger partial charge in [0.25, 0.3) is 0 Å². The molecular weight excluding hydrogens is 516 g/mol. The lowest BCUT2D eigenvalue weighted by molar-refractivity contribution is 0.157. The second kappa shape index (κ2) is 10.1. The van der Waals surface area contributed by atoms with Crippen molar-refractivity contribution in [3.05, 3.63) is 66.3 Å². The van der Waals surface area contributed by atoms with Crippen molar-refractivity contribution >= 4 is 39.5 Å². The van der Waals surface area contributed by atoms with E-state index in [1.165, 1.54) is 42.8 Å². The zero-order chi connectivity index (χ0) is 26.9. The van der Waals surface area contributed by atoms with Crippen molar-refractivity contribution in [2.45, 2.75) is 37.2 Å². The molecule has 0 radical (unpaired) electrons. The summed E-state index contributed by atoms with van der Waals surface area (Å²) in [5.41, 5.74) is 6.23. The fourth-order valence-corrected chi connectivity index (χ4v) is 5.90. The summed E-state index contributed by atoms with van der Waals surface area (Å²) < 4.78 is 45.7. The quantitative estimate of drug-likeness (QED) is 0.324. The summed E-state index contributed by atoms with van der Waals surface area (Å²) in [6.45, 7) is 4.19. The largest absolute Gasteiger partial charge is 0.482 e. The number of benzene rings is 1. The van der Waals surface area contributed by atoms with E-state index in [-0.39, 0.29) is 23.0 Å². The number of ether oxygens (including phenoxy) is 2. The Kier molecular flexibility index (Phi) is 6.88. The van der Waals surface area contributed by atoms with E-state index >= 15 is 4.39 Å². The minimum Gasteiger partial charge on any atom is -0.482 e. The van der Waals surface area contributed by atoms with Crippen LogP contribution >= 0.6 is 11.8 Å². The van der Waals surface area contributed by atoms with Gasteiger partial charge < -0.3 is 24.9 Å². The summed E-state index contributed by atoms with van der Waals surface area (Å²) in [6.07, 6.45) is 6.21. The van der Waals surface area contributed by atoms with Gasteiger partial charge >= 0.3 is 0 Å². The molecule has 2 atom stereocenters. The Balaban J connectivity index is 1.45. The van der Waals surface area contributed by atoms with Crippen LogP contribution in [0.2, 0.25) is 0 Å². The van der Waals surface area contributed by atoms with E-state index < -0.39 is 21.9 Å². The molecule has 0 amide bonds. The number of hydrogen-bond acceptors (Lipinski definition) is 11. The van der Waals surface area contributed by atoms with E-state index in [1.54, 1.807) is 20.1 Å². The van der Waals surface area contributed by atoms with Gasteiger partial charge in [-0.1, -0.05) is 11.8 Å². The van der Waals surface area contributed by atoms with Gasteiger partial charge in [-0.2, -0.15) is 0 Å². The SMILES string of the molecule is COC[C@@]1(C)C[C@@](C)(c2cc(Nc3ncnc4cc(OCc5ncco5)cnc34)cc(F)c2F)N=C(N)S1. The van der Waals surface area contributed by atoms with Crippen LogP contribution in [0.5, 0.6) is 5.75 Å². The number of nitrogens with zero attached hydrogens (tertiary/aromatic N) is 5. The van der Waals surface area contributed by atoms with Crippen LogP contribution in [0.15, 0.2) is 52.6 Å². The third kappa shape index (κ3) is 5.24. The topological polar surface area (TPSA) is 134 Å². The Hall–Kier alpha value is -3.84. The molecule has 3 aromatic heterocycles. The summed E-state index contributed by atoms with van der Waals surface area (Å²) in [5, 5.41) is 3.33. The molecule has 0 spiro atoms. The van der Waals surface area contributed by atoms with Crippen molar-refractivity contribution in [3.63, 3.8) is 0 Å². The Morgan fingerprint density at radius 2 is 2.00 bits per heavy atom. The number of nitrogens with one attached hydrogen (secondary N) is 1. The van der Waals surface area contributed by atoms with Gasteiger partial charge in [-0.3, -0.25) is 4.99 Å². The van der Waals surface area contributed by atoms with Crippen molar-refractivity contribution in [2.24, 2.45) is 10.7 Å². The zero-order valence-corrected chi connectivity index (χ0v) is 21.7. The second-order valence-electron chi connectivity index (χ2n) is 9.31. The van der Waals surface area contributed by atoms with Gasteiger partial charge in [0.1, 0.15) is 23.9 Å². The van der Waals surface area contributed by atoms with Crippen LogP contribution in [0, 0.1) is 11.6 Å². The molecule has 1 aromatic carbocycles. The average Bonchev–Trinajstić information content (AvgIpc) is 3.38. The number of nitrogens with two attached hydrogens (primary N) is 1. The van der Waals surface area contributed by atoms with E-state index in [1.807, 2.05) is 6.92 Å². The van der Waals surface area contributed by atoms with E-state index in [0.29, 0.717) is 41.5 Å². The number of oxazole rings is 1. The predicted molar refractivity (Wildman–Crippen MR) is 139 cm³/mol. The second-order valence-corrected chi connectivity index (χ2v) is 10.9. The number of aliphatic imine (C=N–C) groups is 1. The normalized spacial score (nSPS) is 21.3. The summed E-state index contributed by atoms with van der Waals surface area (Å²) in [7, 11) is 1.58. The lowest BCUT2D eigenvalue weighted by atomic mass is 9.83. The van der Waals surface area contributed by atoms with Gasteiger partial charge in [0.2, 0.25) is 5.89 Å². The number of methoxy groups -OCH3 is 1. The molecule has 38 heavy (non-hydrogen) atoms. The molecular formula is C25H25F2N7O3S. The highest BCUT2D eigenvalue weighted by atomic mass is 32.2. The Bertz CT molecular complexity index is 1500. The number of amidine groups is 1. The maximum atomic E-state index is 15.2. The molecule has 0 saturated heterocycles. The molecule has 0 saturated carbocycles. The maximum absolute atomic E-state index is 15.2. The van der Waals surface area contributed by atoms with Crippen LogP contribution in [0.25, 0.3) is 11.0 Å². The summed E-state index contributed by atoms with van der Waals surface area (Å²) >= 11 is 1.36. The van der Waals surface area contributed by atoms with Crippen molar-refractivity contribution in [3.8, 4) is 5.75 Å². The molecule has 1 aliphatic heterocycles. The highest BCUT2D eigenvalue weighted by molar-refractivity contribution is 8.15. The monoisotopic (exact) mass is 541 g/mol. The van der Waals surface area contributed by atoms with E-state index in [9.17, 15) is 4.39 Å². The lowest BCUT2D eigenvalue weighted by Gasteiger charge is -2.41. The van der Waals surface area contributed by atoms with Gasteiger partial charge in [0, 0.05) is 35.2 Å². The van der Waals surface area contributed by atoms with E-state index in [0.717, 1.165) is 6.07 Å². The summed E-state index contributed by atoms with van der Waals surface area (Å²) in [6, 6.07) is 4.26. The average molecular weight is 542 g/mol. The first kappa shape index (κ1) is 25.8. The molecule has 13 heteroatoms. The van der Waals surface area contributed by atoms with Gasteiger partial charge in [0.15, 0.2) is 29.2 Å². The fraction of sp³-hybridized carbons (Fsp3) is 0.320. The van der Waals surface area contributed by atoms with Crippen LogP contribution in [0.3, 0.4) is 0 Å². The standard InChI is InChI=1S/C25H25F2N7O3S/c1-24(12-35-3)11-25(2,34-23(28)38-24)16-6-14(7-17(26)20(16)27)33-22-21-18(31-13-32-22)8-15(9-30-21)37-10-19-29-4-5-36-19/h4-9,13H,10-12H2,1-3H3,(H2,28,34)(H,31,32,33)/t24-,25+/m1/s1. The van der Waals surface area contributed by atoms with Crippen molar-refractivity contribution in [1.29, 1.82) is 0 Å². The first-order chi connectivity index (χ1) is 18.2. The number of fused-ring (bicyclic) bond motifs is 1. The first-order valence-electron chi connectivity index (χ1n) is 11.6. The molecule has 0 aliphatic carbocycles. The first-order valence-corrected chi connectivity index (χ1v) is 12.4. The number of aromatic nitrogens is 4. The molecule has 1 aliphatic rings. The van der Waals surface area contributed by atoms with Crippen LogP contribution in [-0.4, -0.2) is 43.6 Å². The summed E-state index contributed by atoms with van der Waals surface area (Å²) in [5.74, 6) is -0.834. The fourth-order valence-electron chi connectivity index (χ4n) is 4.62. The lowest BCUT2D eigenvalue weighted by Crippen LogP contribution is -2.43. The maximum Gasteiger partial charge on any atom is 0.232 e. The number of halogens is 2. The van der Waals surface area contributed by atoms with Crippen molar-refractivity contribution in [1.82, 2.24) is 19.9 Å². The van der Waals surface area contributed by atoms with Crippen molar-refractivity contribution in [2.75, 3.05) is 19.0 Å². The van der Waals surface area contributed by atoms with E-state index in [4.69, 9.17) is 19.6 Å². The molecule has 4 heterocycles. The number of rotatable bonds is 8. The number of thioether (sulfide) groups is 1. The van der Waals surface area contributed by atoms with Gasteiger partial charge in [-0.15, -0.1) is 0 Å². The molecule has 0 bridgehead atoms. The van der Waals surface area contributed by atoms with Crippen molar-refractivity contribution < 1.29 is 22.7 Å². The van der Waals surface area contributed by atoms with Gasteiger partial charge in [-0.05, 0) is 26.3 Å². The predicted octanol–water partition coefficient (Wildman–Crippen LogP) is 4.69. The third-order valence-electron chi connectivity index (χ3n) is 6.04. The Morgan fingerprint density at radius 3 is 2.76 bits per heavy atom. The minimum atomic E-state index is -1.12. The van der Waals surface area contributed by atoms with Crippen LogP contribution in [0.1, 0.15) is 31.7 Å². The zero-order valence-electron chi connectivity index (χ0n) is 20.9. The van der Waals surface area contributed by atoms with E-state index in [2.05, 4.69) is 30.2 Å². The molecule has 3 N–H and O–H groups in total. The highest BCUT2D eigenvalue weighted by Gasteiger charge is 2.44. The summed E-state index contributed by atoms with van der Waals surface area (Å²) in [4.78, 5) is 21.4. The molecule has 198 valence electrons.